The average molecular weight is 480 g/mol. The van der Waals surface area contributed by atoms with E-state index in [0.717, 1.165) is 11.3 Å². The van der Waals surface area contributed by atoms with Gasteiger partial charge in [-0.1, -0.05) is 19.1 Å². The van der Waals surface area contributed by atoms with E-state index in [0.29, 0.717) is 22.5 Å². The summed E-state index contributed by atoms with van der Waals surface area (Å²) in [7, 11) is 1.19. The molecule has 0 fully saturated rings. The van der Waals surface area contributed by atoms with E-state index >= 15 is 0 Å². The number of methoxy groups -OCH3 is 1. The summed E-state index contributed by atoms with van der Waals surface area (Å²) in [6, 6.07) is 4.09. The van der Waals surface area contributed by atoms with E-state index in [1.807, 2.05) is 0 Å². The van der Waals surface area contributed by atoms with E-state index in [-0.39, 0.29) is 40.2 Å². The first kappa shape index (κ1) is 22.7. The van der Waals surface area contributed by atoms with Gasteiger partial charge in [0, 0.05) is 18.2 Å². The van der Waals surface area contributed by atoms with Crippen LogP contribution in [0.5, 0.6) is 17.2 Å². The quantitative estimate of drug-likeness (QED) is 0.389. The normalized spacial score (nSPS) is 16.5. The van der Waals surface area contributed by atoms with Crippen LogP contribution in [0.15, 0.2) is 47.8 Å². The van der Waals surface area contributed by atoms with E-state index in [9.17, 15) is 28.2 Å². The van der Waals surface area contributed by atoms with Crippen LogP contribution in [0, 0.1) is 5.92 Å². The fourth-order valence-corrected chi connectivity index (χ4v) is 4.50. The first-order valence-electron chi connectivity index (χ1n) is 9.81. The SMILES string of the molecule is COC(=O)c1sc(-n2cnc3cc(O)c(O)cc32)cc1OCC1=CCC(C)C=C1C(F)(F)F. The minimum Gasteiger partial charge on any atom is -0.504 e. The van der Waals surface area contributed by atoms with Crippen LogP contribution >= 0.6 is 11.3 Å². The first-order valence-corrected chi connectivity index (χ1v) is 10.6. The summed E-state index contributed by atoms with van der Waals surface area (Å²) >= 11 is 0.991. The van der Waals surface area contributed by atoms with Crippen molar-refractivity contribution in [1.29, 1.82) is 0 Å². The molecule has 33 heavy (non-hydrogen) atoms. The number of hydrogen-bond donors (Lipinski definition) is 2. The van der Waals surface area contributed by atoms with Crippen molar-refractivity contribution in [3.8, 4) is 22.2 Å². The topological polar surface area (TPSA) is 93.8 Å². The van der Waals surface area contributed by atoms with Crippen LogP contribution in [0.25, 0.3) is 16.0 Å². The monoisotopic (exact) mass is 480 g/mol. The van der Waals surface area contributed by atoms with E-state index in [2.05, 4.69) is 4.98 Å². The number of ether oxygens (including phenoxy) is 2. The molecule has 2 aromatic heterocycles. The molecule has 0 radical (unpaired) electrons. The second-order valence-electron chi connectivity index (χ2n) is 7.52. The Labute approximate surface area is 190 Å². The Hall–Kier alpha value is -3.47. The minimum atomic E-state index is -4.52. The van der Waals surface area contributed by atoms with Gasteiger partial charge in [0.25, 0.3) is 0 Å². The predicted octanol–water partition coefficient (Wildman–Crippen LogP) is 5.12. The number of phenolic OH excluding ortho intramolecular Hbond substituents is 2. The molecular weight excluding hydrogens is 461 g/mol. The van der Waals surface area contributed by atoms with E-state index in [1.165, 1.54) is 43.8 Å². The van der Waals surface area contributed by atoms with Crippen LogP contribution in [0.4, 0.5) is 13.2 Å². The molecule has 7 nitrogen and oxygen atoms in total. The summed E-state index contributed by atoms with van der Waals surface area (Å²) < 4.78 is 52.4. The molecule has 0 amide bonds. The van der Waals surface area contributed by atoms with Gasteiger partial charge in [-0.25, -0.2) is 9.78 Å². The zero-order valence-corrected chi connectivity index (χ0v) is 18.3. The number of carbonyl (C=O) groups excluding carboxylic acids is 1. The van der Waals surface area contributed by atoms with Crippen molar-refractivity contribution in [2.24, 2.45) is 5.92 Å². The Morgan fingerprint density at radius 2 is 2.00 bits per heavy atom. The number of carbonyl (C=O) groups is 1. The van der Waals surface area contributed by atoms with Gasteiger partial charge in [-0.3, -0.25) is 4.57 Å². The molecular formula is C22H19F3N2O5S. The van der Waals surface area contributed by atoms with Crippen LogP contribution < -0.4 is 4.74 Å². The van der Waals surface area contributed by atoms with Crippen LogP contribution in [0.3, 0.4) is 0 Å². The number of nitrogens with zero attached hydrogens (tertiary/aromatic N) is 2. The lowest BCUT2D eigenvalue weighted by Gasteiger charge is -2.22. The number of halogens is 3. The van der Waals surface area contributed by atoms with E-state index in [1.54, 1.807) is 11.5 Å². The van der Waals surface area contributed by atoms with Crippen LogP contribution in [0.2, 0.25) is 0 Å². The number of rotatable bonds is 5. The Bertz CT molecular complexity index is 1290. The smallest absolute Gasteiger partial charge is 0.416 e. The number of thiophene rings is 1. The number of allylic oxidation sites excluding steroid dienone is 2. The lowest BCUT2D eigenvalue weighted by molar-refractivity contribution is -0.0906. The highest BCUT2D eigenvalue weighted by molar-refractivity contribution is 7.16. The Morgan fingerprint density at radius 1 is 1.27 bits per heavy atom. The zero-order valence-electron chi connectivity index (χ0n) is 17.5. The molecule has 1 unspecified atom stereocenters. The predicted molar refractivity (Wildman–Crippen MR) is 115 cm³/mol. The summed E-state index contributed by atoms with van der Waals surface area (Å²) in [5.41, 5.74) is 0.0906. The number of aromatic hydroxyl groups is 2. The molecule has 2 heterocycles. The number of imidazole rings is 1. The Balaban J connectivity index is 1.68. The highest BCUT2D eigenvalue weighted by Gasteiger charge is 2.37. The molecule has 0 aliphatic heterocycles. The number of aromatic nitrogens is 2. The average Bonchev–Trinajstić information content (AvgIpc) is 3.36. The van der Waals surface area contributed by atoms with Crippen molar-refractivity contribution in [2.45, 2.75) is 19.5 Å². The fourth-order valence-electron chi connectivity index (χ4n) is 3.50. The lowest BCUT2D eigenvalue weighted by Crippen LogP contribution is -2.21. The van der Waals surface area contributed by atoms with E-state index < -0.39 is 17.7 Å². The minimum absolute atomic E-state index is 0.00218. The van der Waals surface area contributed by atoms with Crippen molar-refractivity contribution in [2.75, 3.05) is 13.7 Å². The molecule has 2 N–H and O–H groups in total. The zero-order chi connectivity index (χ0) is 23.9. The van der Waals surface area contributed by atoms with Gasteiger partial charge in [-0.15, -0.1) is 11.3 Å². The van der Waals surface area contributed by atoms with Crippen LogP contribution in [-0.4, -0.2) is 45.6 Å². The Morgan fingerprint density at radius 3 is 2.70 bits per heavy atom. The first-order chi connectivity index (χ1) is 15.6. The van der Waals surface area contributed by atoms with Crippen molar-refractivity contribution >= 4 is 28.3 Å². The Kier molecular flexibility index (Phi) is 5.83. The number of hydrogen-bond acceptors (Lipinski definition) is 7. The third-order valence-corrected chi connectivity index (χ3v) is 6.25. The van der Waals surface area contributed by atoms with E-state index in [4.69, 9.17) is 9.47 Å². The summed E-state index contributed by atoms with van der Waals surface area (Å²) in [6.07, 6.45) is 0.0397. The van der Waals surface area contributed by atoms with Gasteiger partial charge < -0.3 is 19.7 Å². The molecule has 1 aliphatic carbocycles. The third-order valence-electron chi connectivity index (χ3n) is 5.16. The molecule has 0 bridgehead atoms. The molecule has 1 aromatic carbocycles. The fraction of sp³-hybridized carbons (Fsp3) is 0.273. The summed E-state index contributed by atoms with van der Waals surface area (Å²) in [6.45, 7) is 1.32. The molecule has 11 heteroatoms. The summed E-state index contributed by atoms with van der Waals surface area (Å²) in [5.74, 6) is -1.57. The molecule has 3 aromatic rings. The molecule has 174 valence electrons. The summed E-state index contributed by atoms with van der Waals surface area (Å²) in [4.78, 5) is 16.5. The molecule has 0 saturated heterocycles. The number of esters is 1. The van der Waals surface area contributed by atoms with Gasteiger partial charge in [0.05, 0.1) is 23.7 Å². The summed E-state index contributed by atoms with van der Waals surface area (Å²) in [5, 5.41) is 20.0. The van der Waals surface area contributed by atoms with Gasteiger partial charge in [0.15, 0.2) is 16.4 Å². The van der Waals surface area contributed by atoms with Gasteiger partial charge in [0.2, 0.25) is 0 Å². The number of benzene rings is 1. The number of alkyl halides is 3. The standard InChI is InChI=1S/C22H19F3N2O5S/c1-11-3-4-12(13(5-11)22(23,24)25)9-32-18-8-19(33-20(18)21(30)31-2)27-10-26-14-6-16(28)17(29)7-15(14)27/h4-8,10-11,28-29H,3,9H2,1-2H3. The maximum Gasteiger partial charge on any atom is 0.416 e. The maximum absolute atomic E-state index is 13.5. The van der Waals surface area contributed by atoms with Gasteiger partial charge in [-0.05, 0) is 17.9 Å². The lowest BCUT2D eigenvalue weighted by atomic mass is 9.91. The van der Waals surface area contributed by atoms with Crippen molar-refractivity contribution in [3.05, 3.63) is 52.7 Å². The highest BCUT2D eigenvalue weighted by atomic mass is 32.1. The molecule has 1 atom stereocenters. The second-order valence-corrected chi connectivity index (χ2v) is 8.55. The van der Waals surface area contributed by atoms with Gasteiger partial charge in [-0.2, -0.15) is 13.2 Å². The third kappa shape index (κ3) is 4.40. The van der Waals surface area contributed by atoms with Gasteiger partial charge >= 0.3 is 12.1 Å². The van der Waals surface area contributed by atoms with Crippen molar-refractivity contribution in [1.82, 2.24) is 9.55 Å². The van der Waals surface area contributed by atoms with Crippen molar-refractivity contribution < 1.29 is 37.7 Å². The number of phenols is 2. The molecule has 1 aliphatic rings. The molecule has 0 spiro atoms. The molecule has 0 saturated carbocycles. The van der Waals surface area contributed by atoms with Gasteiger partial charge in [0.1, 0.15) is 23.7 Å². The highest BCUT2D eigenvalue weighted by Crippen LogP contribution is 2.39. The van der Waals surface area contributed by atoms with Crippen molar-refractivity contribution in [3.63, 3.8) is 0 Å². The second kappa shape index (κ2) is 8.47. The number of fused-ring (bicyclic) bond motifs is 1. The van der Waals surface area contributed by atoms with Crippen LogP contribution in [0.1, 0.15) is 23.0 Å². The largest absolute Gasteiger partial charge is 0.504 e. The maximum atomic E-state index is 13.5. The molecule has 4 rings (SSSR count). The van der Waals surface area contributed by atoms with Crippen LogP contribution in [-0.2, 0) is 4.74 Å².